The number of carbonyl (C=O) groups excluding carboxylic acids is 2. The molecule has 1 atom stereocenters. The fraction of sp³-hybridized carbons (Fsp3) is 0.308. The lowest BCUT2D eigenvalue weighted by Crippen LogP contribution is -2.35. The SMILES string of the molecule is CC1=NOC(NC(=O)c2cccc(C=O)c2C)C1. The molecule has 1 aliphatic heterocycles. The lowest BCUT2D eigenvalue weighted by molar-refractivity contribution is 0.0502. The van der Waals surface area contributed by atoms with Crippen LogP contribution in [-0.4, -0.2) is 24.1 Å². The molecular weight excluding hydrogens is 232 g/mol. The van der Waals surface area contributed by atoms with Crippen LogP contribution in [0.4, 0.5) is 0 Å². The van der Waals surface area contributed by atoms with E-state index in [1.54, 1.807) is 25.1 Å². The summed E-state index contributed by atoms with van der Waals surface area (Å²) in [6.07, 6.45) is 0.903. The van der Waals surface area contributed by atoms with Gasteiger partial charge in [-0.15, -0.1) is 0 Å². The molecule has 0 spiro atoms. The number of amides is 1. The van der Waals surface area contributed by atoms with Gasteiger partial charge in [-0.3, -0.25) is 9.59 Å². The Hall–Kier alpha value is -2.17. The Morgan fingerprint density at radius 1 is 1.50 bits per heavy atom. The van der Waals surface area contributed by atoms with E-state index in [9.17, 15) is 9.59 Å². The molecule has 5 nitrogen and oxygen atoms in total. The van der Waals surface area contributed by atoms with Crippen LogP contribution in [0.25, 0.3) is 0 Å². The number of nitrogens with one attached hydrogen (secondary N) is 1. The lowest BCUT2D eigenvalue weighted by atomic mass is 10.0. The smallest absolute Gasteiger partial charge is 0.254 e. The van der Waals surface area contributed by atoms with Crippen LogP contribution in [0.15, 0.2) is 23.4 Å². The van der Waals surface area contributed by atoms with Crippen LogP contribution < -0.4 is 5.32 Å². The number of hydrogen-bond donors (Lipinski definition) is 1. The summed E-state index contributed by atoms with van der Waals surface area (Å²) in [5.41, 5.74) is 2.51. The van der Waals surface area contributed by atoms with Crippen molar-refractivity contribution in [1.82, 2.24) is 5.32 Å². The third-order valence-corrected chi connectivity index (χ3v) is 2.86. The van der Waals surface area contributed by atoms with Gasteiger partial charge in [0.15, 0.2) is 0 Å². The quantitative estimate of drug-likeness (QED) is 0.825. The van der Waals surface area contributed by atoms with E-state index in [1.165, 1.54) is 0 Å². The molecule has 94 valence electrons. The first-order valence-corrected chi connectivity index (χ1v) is 5.66. The lowest BCUT2D eigenvalue weighted by Gasteiger charge is -2.12. The first kappa shape index (κ1) is 12.3. The fourth-order valence-corrected chi connectivity index (χ4v) is 1.82. The van der Waals surface area contributed by atoms with Gasteiger partial charge in [-0.25, -0.2) is 0 Å². The number of rotatable bonds is 3. The Morgan fingerprint density at radius 2 is 2.28 bits per heavy atom. The number of nitrogens with zero attached hydrogens (tertiary/aromatic N) is 1. The molecule has 0 bridgehead atoms. The second-order valence-electron chi connectivity index (χ2n) is 4.24. The molecule has 5 heteroatoms. The van der Waals surface area contributed by atoms with Crippen LogP contribution in [0.1, 0.15) is 39.6 Å². The summed E-state index contributed by atoms with van der Waals surface area (Å²) >= 11 is 0. The molecule has 1 aliphatic rings. The van der Waals surface area contributed by atoms with E-state index in [2.05, 4.69) is 10.5 Å². The van der Waals surface area contributed by atoms with Gasteiger partial charge in [-0.1, -0.05) is 17.3 Å². The number of benzene rings is 1. The monoisotopic (exact) mass is 246 g/mol. The molecule has 1 aromatic rings. The molecule has 0 radical (unpaired) electrons. The van der Waals surface area contributed by atoms with Gasteiger partial charge in [-0.2, -0.15) is 0 Å². The van der Waals surface area contributed by atoms with Crippen molar-refractivity contribution in [2.24, 2.45) is 5.16 Å². The third kappa shape index (κ3) is 2.40. The van der Waals surface area contributed by atoms with Crippen molar-refractivity contribution in [3.8, 4) is 0 Å². The second kappa shape index (κ2) is 5.00. The Morgan fingerprint density at radius 3 is 2.89 bits per heavy atom. The van der Waals surface area contributed by atoms with Crippen LogP contribution in [0, 0.1) is 6.92 Å². The molecule has 1 aromatic carbocycles. The van der Waals surface area contributed by atoms with Crippen molar-refractivity contribution in [2.45, 2.75) is 26.5 Å². The van der Waals surface area contributed by atoms with Gasteiger partial charge < -0.3 is 10.2 Å². The van der Waals surface area contributed by atoms with Gasteiger partial charge in [0, 0.05) is 17.5 Å². The Kier molecular flexibility index (Phi) is 3.41. The Bertz CT molecular complexity index is 523. The molecule has 0 aliphatic carbocycles. The number of hydrogen-bond acceptors (Lipinski definition) is 4. The van der Waals surface area contributed by atoms with Crippen molar-refractivity contribution in [1.29, 1.82) is 0 Å². The number of carbonyl (C=O) groups is 2. The summed E-state index contributed by atoms with van der Waals surface area (Å²) in [7, 11) is 0. The highest BCUT2D eigenvalue weighted by Crippen LogP contribution is 2.14. The standard InChI is InChI=1S/C13H14N2O3/c1-8-6-12(18-15-8)14-13(17)11-5-3-4-10(7-16)9(11)2/h3-5,7,12H,6H2,1-2H3,(H,14,17). The third-order valence-electron chi connectivity index (χ3n) is 2.86. The van der Waals surface area contributed by atoms with Crippen molar-refractivity contribution in [3.63, 3.8) is 0 Å². The molecule has 1 amide bonds. The van der Waals surface area contributed by atoms with Gasteiger partial charge in [0.25, 0.3) is 5.91 Å². The van der Waals surface area contributed by atoms with E-state index in [4.69, 9.17) is 4.84 Å². The number of aldehydes is 1. The van der Waals surface area contributed by atoms with Gasteiger partial charge in [0.05, 0.1) is 5.71 Å². The fourth-order valence-electron chi connectivity index (χ4n) is 1.82. The summed E-state index contributed by atoms with van der Waals surface area (Å²) < 4.78 is 0. The van der Waals surface area contributed by atoms with Gasteiger partial charge in [0.2, 0.25) is 6.23 Å². The summed E-state index contributed by atoms with van der Waals surface area (Å²) in [6, 6.07) is 5.04. The van der Waals surface area contributed by atoms with Gasteiger partial charge >= 0.3 is 0 Å². The molecule has 0 fully saturated rings. The average molecular weight is 246 g/mol. The molecular formula is C13H14N2O3. The zero-order chi connectivity index (χ0) is 13.1. The minimum atomic E-state index is -0.420. The molecule has 1 unspecified atom stereocenters. The summed E-state index contributed by atoms with van der Waals surface area (Å²) in [5.74, 6) is -0.258. The Balaban J connectivity index is 2.12. The number of oxime groups is 1. The maximum absolute atomic E-state index is 12.0. The van der Waals surface area contributed by atoms with Crippen molar-refractivity contribution >= 4 is 17.9 Å². The molecule has 1 heterocycles. The summed E-state index contributed by atoms with van der Waals surface area (Å²) in [4.78, 5) is 27.9. The van der Waals surface area contributed by atoms with Crippen molar-refractivity contribution in [2.75, 3.05) is 0 Å². The highest BCUT2D eigenvalue weighted by Gasteiger charge is 2.21. The van der Waals surface area contributed by atoms with E-state index < -0.39 is 6.23 Å². The minimum absolute atomic E-state index is 0.258. The molecule has 0 aromatic heterocycles. The van der Waals surface area contributed by atoms with E-state index in [1.807, 2.05) is 6.92 Å². The van der Waals surface area contributed by atoms with Crippen LogP contribution in [-0.2, 0) is 4.84 Å². The van der Waals surface area contributed by atoms with Gasteiger partial charge in [0.1, 0.15) is 6.29 Å². The van der Waals surface area contributed by atoms with Crippen LogP contribution >= 0.6 is 0 Å². The predicted octanol–water partition coefficient (Wildman–Crippen LogP) is 1.66. The van der Waals surface area contributed by atoms with Gasteiger partial charge in [-0.05, 0) is 25.5 Å². The van der Waals surface area contributed by atoms with E-state index in [0.29, 0.717) is 23.1 Å². The average Bonchev–Trinajstić information content (AvgIpc) is 2.75. The first-order valence-electron chi connectivity index (χ1n) is 5.66. The van der Waals surface area contributed by atoms with E-state index in [-0.39, 0.29) is 5.91 Å². The second-order valence-corrected chi connectivity index (χ2v) is 4.24. The maximum atomic E-state index is 12.0. The molecule has 0 saturated heterocycles. The normalized spacial score (nSPS) is 17.9. The molecule has 18 heavy (non-hydrogen) atoms. The summed E-state index contributed by atoms with van der Waals surface area (Å²) in [5, 5.41) is 6.49. The predicted molar refractivity (Wildman–Crippen MR) is 66.6 cm³/mol. The van der Waals surface area contributed by atoms with Crippen molar-refractivity contribution < 1.29 is 14.4 Å². The zero-order valence-corrected chi connectivity index (χ0v) is 10.3. The van der Waals surface area contributed by atoms with Crippen molar-refractivity contribution in [3.05, 3.63) is 34.9 Å². The molecule has 0 saturated carbocycles. The van der Waals surface area contributed by atoms with E-state index >= 15 is 0 Å². The minimum Gasteiger partial charge on any atom is -0.370 e. The van der Waals surface area contributed by atoms with Crippen LogP contribution in [0.2, 0.25) is 0 Å². The topological polar surface area (TPSA) is 67.8 Å². The molecule has 1 N–H and O–H groups in total. The van der Waals surface area contributed by atoms with E-state index in [0.717, 1.165) is 12.0 Å². The Labute approximate surface area is 105 Å². The highest BCUT2D eigenvalue weighted by molar-refractivity contribution is 5.98. The maximum Gasteiger partial charge on any atom is 0.254 e. The highest BCUT2D eigenvalue weighted by atomic mass is 16.7. The largest absolute Gasteiger partial charge is 0.370 e. The first-order chi connectivity index (χ1) is 8.61. The summed E-state index contributed by atoms with van der Waals surface area (Å²) in [6.45, 7) is 3.58. The zero-order valence-electron chi connectivity index (χ0n) is 10.3. The molecule has 2 rings (SSSR count). The van der Waals surface area contributed by atoms with Crippen LogP contribution in [0.5, 0.6) is 0 Å². The van der Waals surface area contributed by atoms with Crippen LogP contribution in [0.3, 0.4) is 0 Å².